The average Bonchev–Trinajstić information content (AvgIpc) is 2.77. The van der Waals surface area contributed by atoms with Crippen LogP contribution in [0, 0.1) is 6.92 Å². The number of hydrogen-bond acceptors (Lipinski definition) is 4. The van der Waals surface area contributed by atoms with E-state index in [-0.39, 0.29) is 24.1 Å². The molecule has 1 atom stereocenters. The van der Waals surface area contributed by atoms with Gasteiger partial charge in [-0.1, -0.05) is 48.5 Å². The van der Waals surface area contributed by atoms with Crippen molar-refractivity contribution in [3.63, 3.8) is 0 Å². The molecule has 6 heteroatoms. The van der Waals surface area contributed by atoms with Gasteiger partial charge in [0.15, 0.2) is 0 Å². The van der Waals surface area contributed by atoms with Gasteiger partial charge in [0.25, 0.3) is 5.56 Å². The van der Waals surface area contributed by atoms with Crippen LogP contribution in [0.15, 0.2) is 59.4 Å². The molecule has 6 nitrogen and oxygen atoms in total. The summed E-state index contributed by atoms with van der Waals surface area (Å²) in [5.74, 6) is -0.158. The molecule has 0 bridgehead atoms. The summed E-state index contributed by atoms with van der Waals surface area (Å²) in [6.07, 6.45) is 3.04. The van der Waals surface area contributed by atoms with E-state index < -0.39 is 0 Å². The Morgan fingerprint density at radius 2 is 1.83 bits per heavy atom. The summed E-state index contributed by atoms with van der Waals surface area (Å²) >= 11 is 0. The number of likely N-dealkylation sites (tertiary alicyclic amines) is 1. The van der Waals surface area contributed by atoms with Crippen LogP contribution >= 0.6 is 0 Å². The van der Waals surface area contributed by atoms with Gasteiger partial charge in [0.1, 0.15) is 6.54 Å². The third-order valence-electron chi connectivity index (χ3n) is 5.78. The summed E-state index contributed by atoms with van der Waals surface area (Å²) < 4.78 is 1.28. The minimum atomic E-state index is -0.223. The number of hydrogen-bond donors (Lipinski definition) is 1. The largest absolute Gasteiger partial charge is 0.350 e. The van der Waals surface area contributed by atoms with Crippen molar-refractivity contribution in [3.8, 4) is 0 Å². The second-order valence-electron chi connectivity index (χ2n) is 8.04. The fraction of sp³-hybridized carbons (Fsp3) is 0.375. The summed E-state index contributed by atoms with van der Waals surface area (Å²) in [7, 11) is 0. The van der Waals surface area contributed by atoms with Crippen molar-refractivity contribution in [1.29, 1.82) is 0 Å². The molecule has 0 aliphatic carbocycles. The second-order valence-corrected chi connectivity index (χ2v) is 8.04. The fourth-order valence-electron chi connectivity index (χ4n) is 4.23. The summed E-state index contributed by atoms with van der Waals surface area (Å²) in [5, 5.41) is 8.89. The van der Waals surface area contributed by atoms with Crippen molar-refractivity contribution in [2.75, 3.05) is 19.6 Å². The van der Waals surface area contributed by atoms with E-state index in [4.69, 9.17) is 0 Å². The Hall–Kier alpha value is -2.99. The van der Waals surface area contributed by atoms with Gasteiger partial charge in [-0.05, 0) is 44.4 Å². The first-order valence-electron chi connectivity index (χ1n) is 10.6. The van der Waals surface area contributed by atoms with Crippen LogP contribution in [-0.2, 0) is 17.8 Å². The second kappa shape index (κ2) is 9.22. The summed E-state index contributed by atoms with van der Waals surface area (Å²) in [5.41, 5.74) is 1.86. The van der Waals surface area contributed by atoms with Gasteiger partial charge in [0.2, 0.25) is 5.91 Å². The highest BCUT2D eigenvalue weighted by Crippen LogP contribution is 2.13. The first-order valence-corrected chi connectivity index (χ1v) is 10.6. The number of amides is 1. The lowest BCUT2D eigenvalue weighted by Crippen LogP contribution is -2.49. The van der Waals surface area contributed by atoms with Gasteiger partial charge in [0.05, 0.1) is 11.1 Å². The zero-order chi connectivity index (χ0) is 20.9. The van der Waals surface area contributed by atoms with Crippen LogP contribution in [0.3, 0.4) is 0 Å². The maximum Gasteiger partial charge on any atom is 0.275 e. The Morgan fingerprint density at radius 3 is 2.63 bits per heavy atom. The predicted molar refractivity (Wildman–Crippen MR) is 118 cm³/mol. The molecule has 0 radical (unpaired) electrons. The fourth-order valence-corrected chi connectivity index (χ4v) is 4.23. The Kier molecular flexibility index (Phi) is 6.23. The third-order valence-corrected chi connectivity index (χ3v) is 5.78. The van der Waals surface area contributed by atoms with E-state index in [1.165, 1.54) is 10.2 Å². The average molecular weight is 405 g/mol. The SMILES string of the molecule is Cc1nn(CC(=O)N[C@@H]2CCCN(CCc3ccccc3)C2)c(=O)c2ccccc12. The highest BCUT2D eigenvalue weighted by atomic mass is 16.2. The normalized spacial score (nSPS) is 17.2. The molecule has 0 spiro atoms. The quantitative estimate of drug-likeness (QED) is 0.686. The minimum absolute atomic E-state index is 0.0506. The number of benzene rings is 2. The zero-order valence-electron chi connectivity index (χ0n) is 17.4. The van der Waals surface area contributed by atoms with Gasteiger partial charge in [-0.15, -0.1) is 0 Å². The molecule has 1 N–H and O–H groups in total. The maximum atomic E-state index is 12.7. The Labute approximate surface area is 176 Å². The summed E-state index contributed by atoms with van der Waals surface area (Å²) in [6, 6.07) is 18.0. The van der Waals surface area contributed by atoms with Crippen molar-refractivity contribution in [2.45, 2.75) is 38.8 Å². The Morgan fingerprint density at radius 1 is 1.10 bits per heavy atom. The maximum absolute atomic E-state index is 12.7. The van der Waals surface area contributed by atoms with Crippen LogP contribution in [0.2, 0.25) is 0 Å². The molecule has 1 amide bonds. The topological polar surface area (TPSA) is 67.2 Å². The van der Waals surface area contributed by atoms with Gasteiger partial charge in [0, 0.05) is 24.5 Å². The van der Waals surface area contributed by atoms with Crippen molar-refractivity contribution < 1.29 is 4.79 Å². The number of aryl methyl sites for hydroxylation is 1. The summed E-state index contributed by atoms with van der Waals surface area (Å²) in [4.78, 5) is 27.7. The van der Waals surface area contributed by atoms with E-state index in [9.17, 15) is 9.59 Å². The van der Waals surface area contributed by atoms with E-state index in [2.05, 4.69) is 39.6 Å². The Balaban J connectivity index is 1.35. The molecule has 1 saturated heterocycles. The molecular formula is C24H28N4O2. The van der Waals surface area contributed by atoms with Crippen LogP contribution in [0.5, 0.6) is 0 Å². The lowest BCUT2D eigenvalue weighted by atomic mass is 10.0. The first kappa shape index (κ1) is 20.3. The Bertz CT molecular complexity index is 1080. The molecule has 1 fully saturated rings. The van der Waals surface area contributed by atoms with E-state index >= 15 is 0 Å². The van der Waals surface area contributed by atoms with Crippen LogP contribution in [0.25, 0.3) is 10.8 Å². The van der Waals surface area contributed by atoms with Crippen LogP contribution < -0.4 is 10.9 Å². The standard InChI is InChI=1S/C24H28N4O2/c1-18-21-11-5-6-12-22(21)24(30)28(26-18)17-23(29)25-20-10-7-14-27(16-20)15-13-19-8-3-2-4-9-19/h2-6,8-9,11-12,20H,7,10,13-17H2,1H3,(H,25,29)/t20-/m1/s1. The molecule has 30 heavy (non-hydrogen) atoms. The smallest absolute Gasteiger partial charge is 0.275 e. The number of fused-ring (bicyclic) bond motifs is 1. The van der Waals surface area contributed by atoms with Crippen molar-refractivity contribution in [2.24, 2.45) is 0 Å². The van der Waals surface area contributed by atoms with Gasteiger partial charge in [-0.2, -0.15) is 5.10 Å². The van der Waals surface area contributed by atoms with Crippen molar-refractivity contribution in [3.05, 3.63) is 76.2 Å². The van der Waals surface area contributed by atoms with Crippen LogP contribution in [0.1, 0.15) is 24.1 Å². The molecule has 2 aromatic carbocycles. The molecule has 1 aromatic heterocycles. The zero-order valence-corrected chi connectivity index (χ0v) is 17.4. The minimum Gasteiger partial charge on any atom is -0.350 e. The molecule has 0 unspecified atom stereocenters. The van der Waals surface area contributed by atoms with Gasteiger partial charge < -0.3 is 10.2 Å². The van der Waals surface area contributed by atoms with Gasteiger partial charge in [-0.3, -0.25) is 9.59 Å². The number of nitrogens with one attached hydrogen (secondary N) is 1. The molecular weight excluding hydrogens is 376 g/mol. The molecule has 2 heterocycles. The summed E-state index contributed by atoms with van der Waals surface area (Å²) in [6.45, 7) is 4.70. The number of piperidine rings is 1. The number of nitrogens with zero attached hydrogens (tertiary/aromatic N) is 3. The lowest BCUT2D eigenvalue weighted by Gasteiger charge is -2.33. The van der Waals surface area contributed by atoms with E-state index in [0.29, 0.717) is 5.39 Å². The van der Waals surface area contributed by atoms with Crippen molar-refractivity contribution in [1.82, 2.24) is 20.0 Å². The highest BCUT2D eigenvalue weighted by molar-refractivity contribution is 5.83. The number of carbonyl (C=O) groups excluding carboxylic acids is 1. The van der Waals surface area contributed by atoms with Gasteiger partial charge in [-0.25, -0.2) is 4.68 Å². The number of carbonyl (C=O) groups is 1. The molecule has 0 saturated carbocycles. The van der Waals surface area contributed by atoms with E-state index in [0.717, 1.165) is 50.0 Å². The van der Waals surface area contributed by atoms with E-state index in [1.54, 1.807) is 6.07 Å². The molecule has 1 aliphatic rings. The molecule has 3 aromatic rings. The van der Waals surface area contributed by atoms with Gasteiger partial charge >= 0.3 is 0 Å². The molecule has 1 aliphatic heterocycles. The first-order chi connectivity index (χ1) is 14.6. The number of aromatic nitrogens is 2. The van der Waals surface area contributed by atoms with Crippen LogP contribution in [0.4, 0.5) is 0 Å². The number of rotatable bonds is 6. The lowest BCUT2D eigenvalue weighted by molar-refractivity contribution is -0.123. The monoisotopic (exact) mass is 404 g/mol. The van der Waals surface area contributed by atoms with Crippen LogP contribution in [-0.4, -0.2) is 46.3 Å². The molecule has 156 valence electrons. The van der Waals surface area contributed by atoms with E-state index in [1.807, 2.05) is 31.2 Å². The highest BCUT2D eigenvalue weighted by Gasteiger charge is 2.21. The third kappa shape index (κ3) is 4.76. The van der Waals surface area contributed by atoms with Crippen molar-refractivity contribution >= 4 is 16.7 Å². The molecule has 4 rings (SSSR count). The predicted octanol–water partition coefficient (Wildman–Crippen LogP) is 2.53.